The molecule has 0 heterocycles. The molecule has 4 nitrogen and oxygen atoms in total. The van der Waals surface area contributed by atoms with Crippen LogP contribution in [0, 0.1) is 0 Å². The quantitative estimate of drug-likeness (QED) is 0.563. The Morgan fingerprint density at radius 2 is 2.31 bits per heavy atom. The molecule has 4 heteroatoms. The van der Waals surface area contributed by atoms with Crippen LogP contribution in [0.5, 0.6) is 0 Å². The van der Waals surface area contributed by atoms with Crippen molar-refractivity contribution in [3.8, 4) is 0 Å². The smallest absolute Gasteiger partial charge is 0.220 e. The monoisotopic (exact) mass is 188 g/mol. The fourth-order valence-electron chi connectivity index (χ4n) is 0.885. The largest absolute Gasteiger partial charge is 0.382 e. The van der Waals surface area contributed by atoms with Gasteiger partial charge >= 0.3 is 0 Å². The average molecular weight is 188 g/mol. The van der Waals surface area contributed by atoms with E-state index in [0.29, 0.717) is 26.2 Å². The summed E-state index contributed by atoms with van der Waals surface area (Å²) >= 11 is 0. The molecule has 0 aromatic carbocycles. The summed E-state index contributed by atoms with van der Waals surface area (Å²) < 4.78 is 5.11. The average Bonchev–Trinajstić information content (AvgIpc) is 2.12. The molecule has 0 aliphatic rings. The van der Waals surface area contributed by atoms with Crippen molar-refractivity contribution >= 4 is 5.91 Å². The van der Waals surface area contributed by atoms with Crippen molar-refractivity contribution in [3.05, 3.63) is 0 Å². The van der Waals surface area contributed by atoms with Gasteiger partial charge in [0.05, 0.1) is 0 Å². The van der Waals surface area contributed by atoms with E-state index in [9.17, 15) is 4.79 Å². The molecule has 0 saturated heterocycles. The molecule has 0 saturated carbocycles. The van der Waals surface area contributed by atoms with Gasteiger partial charge in [0.25, 0.3) is 0 Å². The lowest BCUT2D eigenvalue weighted by Gasteiger charge is -2.10. The van der Waals surface area contributed by atoms with Crippen molar-refractivity contribution in [2.24, 2.45) is 5.73 Å². The zero-order valence-corrected chi connectivity index (χ0v) is 8.51. The Morgan fingerprint density at radius 1 is 1.62 bits per heavy atom. The van der Waals surface area contributed by atoms with Crippen LogP contribution >= 0.6 is 0 Å². The first kappa shape index (κ1) is 12.4. The Balaban J connectivity index is 3.30. The van der Waals surface area contributed by atoms with Crippen molar-refractivity contribution in [1.29, 1.82) is 0 Å². The van der Waals surface area contributed by atoms with Crippen molar-refractivity contribution in [2.75, 3.05) is 19.8 Å². The third kappa shape index (κ3) is 7.74. The predicted molar refractivity (Wildman–Crippen MR) is 52.4 cm³/mol. The summed E-state index contributed by atoms with van der Waals surface area (Å²) in [5, 5.41) is 2.79. The van der Waals surface area contributed by atoms with Gasteiger partial charge in [-0.3, -0.25) is 4.79 Å². The van der Waals surface area contributed by atoms with E-state index >= 15 is 0 Å². The minimum Gasteiger partial charge on any atom is -0.382 e. The molecule has 3 N–H and O–H groups in total. The molecule has 1 unspecified atom stereocenters. The standard InChI is InChI=1S/C9H20N2O2/c1-3-13-6-4-5-9(12)11-8(2)7-10/h8H,3-7,10H2,1-2H3,(H,11,12). The number of nitrogens with one attached hydrogen (secondary N) is 1. The molecule has 1 atom stereocenters. The number of carbonyl (C=O) groups is 1. The molecule has 0 aliphatic heterocycles. The highest BCUT2D eigenvalue weighted by molar-refractivity contribution is 5.76. The highest BCUT2D eigenvalue weighted by atomic mass is 16.5. The molecule has 13 heavy (non-hydrogen) atoms. The van der Waals surface area contributed by atoms with Gasteiger partial charge in [-0.1, -0.05) is 0 Å². The van der Waals surface area contributed by atoms with Crippen LogP contribution in [0.2, 0.25) is 0 Å². The molecule has 0 bridgehead atoms. The lowest BCUT2D eigenvalue weighted by atomic mass is 10.2. The molecule has 0 aromatic heterocycles. The maximum atomic E-state index is 11.2. The Kier molecular flexibility index (Phi) is 7.63. The number of ether oxygens (including phenoxy) is 1. The molecule has 0 rings (SSSR count). The van der Waals surface area contributed by atoms with Gasteiger partial charge in [0.1, 0.15) is 0 Å². The summed E-state index contributed by atoms with van der Waals surface area (Å²) in [6.07, 6.45) is 1.29. The number of carbonyl (C=O) groups excluding carboxylic acids is 1. The summed E-state index contributed by atoms with van der Waals surface area (Å²) in [6.45, 7) is 5.68. The van der Waals surface area contributed by atoms with E-state index in [1.54, 1.807) is 0 Å². The second-order valence-corrected chi connectivity index (χ2v) is 3.00. The van der Waals surface area contributed by atoms with Gasteiger partial charge in [-0.05, 0) is 20.3 Å². The maximum Gasteiger partial charge on any atom is 0.220 e. The Hall–Kier alpha value is -0.610. The van der Waals surface area contributed by atoms with E-state index < -0.39 is 0 Å². The summed E-state index contributed by atoms with van der Waals surface area (Å²) in [4.78, 5) is 11.2. The normalized spacial score (nSPS) is 12.5. The van der Waals surface area contributed by atoms with E-state index in [-0.39, 0.29) is 11.9 Å². The fourth-order valence-corrected chi connectivity index (χ4v) is 0.885. The summed E-state index contributed by atoms with van der Waals surface area (Å²) in [5.74, 6) is 0.0534. The molecule has 0 aliphatic carbocycles. The number of amides is 1. The predicted octanol–water partition coefficient (Wildman–Crippen LogP) is 0.267. The number of hydrogen-bond acceptors (Lipinski definition) is 3. The Labute approximate surface area is 79.8 Å². The van der Waals surface area contributed by atoms with Crippen LogP contribution in [-0.4, -0.2) is 31.7 Å². The third-order valence-corrected chi connectivity index (χ3v) is 1.66. The molecule has 0 fully saturated rings. The van der Waals surface area contributed by atoms with Gasteiger partial charge in [0.15, 0.2) is 0 Å². The number of hydrogen-bond donors (Lipinski definition) is 2. The molecule has 0 spiro atoms. The van der Waals surface area contributed by atoms with Crippen molar-refractivity contribution in [1.82, 2.24) is 5.32 Å². The first-order valence-corrected chi connectivity index (χ1v) is 4.77. The highest BCUT2D eigenvalue weighted by Crippen LogP contribution is 1.91. The third-order valence-electron chi connectivity index (χ3n) is 1.66. The van der Waals surface area contributed by atoms with Crippen molar-refractivity contribution in [3.63, 3.8) is 0 Å². The van der Waals surface area contributed by atoms with Gasteiger partial charge in [0, 0.05) is 32.2 Å². The highest BCUT2D eigenvalue weighted by Gasteiger charge is 2.04. The Bertz CT molecular complexity index is 140. The first-order valence-electron chi connectivity index (χ1n) is 4.77. The minimum atomic E-state index is 0.0534. The zero-order valence-electron chi connectivity index (χ0n) is 8.51. The second kappa shape index (κ2) is 8.01. The van der Waals surface area contributed by atoms with Gasteiger partial charge in [-0.2, -0.15) is 0 Å². The lowest BCUT2D eigenvalue weighted by molar-refractivity contribution is -0.122. The van der Waals surface area contributed by atoms with Gasteiger partial charge in [-0.25, -0.2) is 0 Å². The van der Waals surface area contributed by atoms with Gasteiger partial charge in [-0.15, -0.1) is 0 Å². The van der Waals surface area contributed by atoms with E-state index in [0.717, 1.165) is 6.42 Å². The van der Waals surface area contributed by atoms with Crippen LogP contribution < -0.4 is 11.1 Å². The van der Waals surface area contributed by atoms with Gasteiger partial charge < -0.3 is 15.8 Å². The van der Waals surface area contributed by atoms with E-state index in [4.69, 9.17) is 10.5 Å². The fraction of sp³-hybridized carbons (Fsp3) is 0.889. The van der Waals surface area contributed by atoms with E-state index in [1.807, 2.05) is 13.8 Å². The maximum absolute atomic E-state index is 11.2. The van der Waals surface area contributed by atoms with E-state index in [1.165, 1.54) is 0 Å². The summed E-state index contributed by atoms with van der Waals surface area (Å²) in [5.41, 5.74) is 5.36. The summed E-state index contributed by atoms with van der Waals surface area (Å²) in [6, 6.07) is 0.0691. The van der Waals surface area contributed by atoms with Crippen LogP contribution in [0.1, 0.15) is 26.7 Å². The lowest BCUT2D eigenvalue weighted by Crippen LogP contribution is -2.37. The topological polar surface area (TPSA) is 64.3 Å². The number of rotatable bonds is 7. The molecular formula is C9H20N2O2. The molecule has 0 aromatic rings. The number of nitrogens with two attached hydrogens (primary N) is 1. The summed E-state index contributed by atoms with van der Waals surface area (Å²) in [7, 11) is 0. The van der Waals surface area contributed by atoms with Crippen LogP contribution in [0.4, 0.5) is 0 Å². The van der Waals surface area contributed by atoms with Crippen LogP contribution in [-0.2, 0) is 9.53 Å². The van der Waals surface area contributed by atoms with Crippen LogP contribution in [0.25, 0.3) is 0 Å². The second-order valence-electron chi connectivity index (χ2n) is 3.00. The zero-order chi connectivity index (χ0) is 10.1. The molecular weight excluding hydrogens is 168 g/mol. The molecule has 78 valence electrons. The van der Waals surface area contributed by atoms with Crippen LogP contribution in [0.15, 0.2) is 0 Å². The SMILES string of the molecule is CCOCCCC(=O)NC(C)CN. The Morgan fingerprint density at radius 3 is 2.85 bits per heavy atom. The minimum absolute atomic E-state index is 0.0534. The van der Waals surface area contributed by atoms with Crippen molar-refractivity contribution < 1.29 is 9.53 Å². The van der Waals surface area contributed by atoms with Crippen molar-refractivity contribution in [2.45, 2.75) is 32.7 Å². The van der Waals surface area contributed by atoms with Crippen LogP contribution in [0.3, 0.4) is 0 Å². The molecule has 1 amide bonds. The molecule has 0 radical (unpaired) electrons. The first-order chi connectivity index (χ1) is 6.20. The van der Waals surface area contributed by atoms with E-state index in [2.05, 4.69) is 5.32 Å². The van der Waals surface area contributed by atoms with Gasteiger partial charge in [0.2, 0.25) is 5.91 Å².